The first-order valence-electron chi connectivity index (χ1n) is 7.90. The molecule has 0 aliphatic rings. The fourth-order valence-electron chi connectivity index (χ4n) is 2.27. The molecule has 3 rings (SSSR count). The minimum atomic E-state index is -0.377. The predicted molar refractivity (Wildman–Crippen MR) is 107 cm³/mol. The zero-order chi connectivity index (χ0) is 19.2. The molecule has 0 unspecified atom stereocenters. The van der Waals surface area contributed by atoms with Crippen molar-refractivity contribution < 1.29 is 14.0 Å². The summed E-state index contributed by atoms with van der Waals surface area (Å²) in [6, 6.07) is 14.9. The molecule has 0 saturated heterocycles. The highest BCUT2D eigenvalue weighted by atomic mass is 35.5. The summed E-state index contributed by atoms with van der Waals surface area (Å²) in [5.74, 6) is -0.125. The Kier molecular flexibility index (Phi) is 5.96. The molecule has 27 heavy (non-hydrogen) atoms. The fraction of sp³-hybridized carbons (Fsp3) is 0. The summed E-state index contributed by atoms with van der Waals surface area (Å²) >= 11 is 11.9. The Hall–Kier alpha value is -3.02. The van der Waals surface area contributed by atoms with Gasteiger partial charge in [-0.3, -0.25) is 9.59 Å². The second kappa shape index (κ2) is 8.58. The Morgan fingerprint density at radius 3 is 2.41 bits per heavy atom. The predicted octanol–water partition coefficient (Wildman–Crippen LogP) is 5.49. The van der Waals surface area contributed by atoms with Gasteiger partial charge in [-0.1, -0.05) is 29.3 Å². The third-order valence-corrected chi connectivity index (χ3v) is 4.05. The molecule has 5 nitrogen and oxygen atoms in total. The summed E-state index contributed by atoms with van der Waals surface area (Å²) in [5, 5.41) is 6.16. The first-order valence-corrected chi connectivity index (χ1v) is 8.66. The lowest BCUT2D eigenvalue weighted by Gasteiger charge is -2.09. The van der Waals surface area contributed by atoms with Crippen LogP contribution in [0, 0.1) is 0 Å². The van der Waals surface area contributed by atoms with Crippen molar-refractivity contribution in [3.05, 3.63) is 88.3 Å². The van der Waals surface area contributed by atoms with Crippen LogP contribution in [0.5, 0.6) is 0 Å². The molecule has 1 aromatic heterocycles. The lowest BCUT2D eigenvalue weighted by molar-refractivity contribution is -0.111. The summed E-state index contributed by atoms with van der Waals surface area (Å²) in [4.78, 5) is 24.3. The number of benzene rings is 2. The number of anilines is 2. The van der Waals surface area contributed by atoms with Gasteiger partial charge in [0, 0.05) is 22.5 Å². The number of amides is 2. The van der Waals surface area contributed by atoms with E-state index in [-0.39, 0.29) is 16.8 Å². The number of furan rings is 1. The molecular formula is C20H14Cl2N2O3. The van der Waals surface area contributed by atoms with Crippen LogP contribution in [0.15, 0.2) is 71.4 Å². The maximum Gasteiger partial charge on any atom is 0.257 e. The maximum absolute atomic E-state index is 12.4. The van der Waals surface area contributed by atoms with Crippen molar-refractivity contribution in [2.24, 2.45) is 0 Å². The molecule has 0 bridgehead atoms. The molecule has 0 atom stereocenters. The fourth-order valence-corrected chi connectivity index (χ4v) is 2.77. The zero-order valence-corrected chi connectivity index (χ0v) is 15.4. The first-order chi connectivity index (χ1) is 13.0. The Bertz CT molecular complexity index is 998. The second-order valence-electron chi connectivity index (χ2n) is 5.50. The van der Waals surface area contributed by atoms with Crippen molar-refractivity contribution in [2.75, 3.05) is 10.6 Å². The van der Waals surface area contributed by atoms with Crippen LogP contribution in [0.3, 0.4) is 0 Å². The van der Waals surface area contributed by atoms with Gasteiger partial charge in [-0.25, -0.2) is 0 Å². The van der Waals surface area contributed by atoms with Crippen molar-refractivity contribution in [3.63, 3.8) is 0 Å². The smallest absolute Gasteiger partial charge is 0.257 e. The molecule has 2 amide bonds. The summed E-state index contributed by atoms with van der Waals surface area (Å²) in [6.45, 7) is 0. The van der Waals surface area contributed by atoms with Gasteiger partial charge in [-0.15, -0.1) is 0 Å². The van der Waals surface area contributed by atoms with E-state index in [1.807, 2.05) is 0 Å². The van der Waals surface area contributed by atoms with E-state index in [2.05, 4.69) is 10.6 Å². The van der Waals surface area contributed by atoms with E-state index in [9.17, 15) is 9.59 Å². The molecule has 0 aliphatic carbocycles. The number of hydrogen-bond donors (Lipinski definition) is 2. The van der Waals surface area contributed by atoms with E-state index in [0.717, 1.165) is 0 Å². The van der Waals surface area contributed by atoms with Crippen LogP contribution in [-0.2, 0) is 4.79 Å². The van der Waals surface area contributed by atoms with E-state index in [4.69, 9.17) is 27.6 Å². The molecule has 7 heteroatoms. The monoisotopic (exact) mass is 400 g/mol. The van der Waals surface area contributed by atoms with Crippen LogP contribution in [0.2, 0.25) is 10.0 Å². The van der Waals surface area contributed by atoms with Crippen LogP contribution in [0.4, 0.5) is 11.4 Å². The van der Waals surface area contributed by atoms with Gasteiger partial charge in [0.2, 0.25) is 5.91 Å². The van der Waals surface area contributed by atoms with Crippen LogP contribution < -0.4 is 10.6 Å². The number of rotatable bonds is 5. The second-order valence-corrected chi connectivity index (χ2v) is 6.34. The molecule has 1 heterocycles. The van der Waals surface area contributed by atoms with Crippen LogP contribution in [0.1, 0.15) is 16.1 Å². The number of halogens is 2. The highest BCUT2D eigenvalue weighted by molar-refractivity contribution is 6.37. The van der Waals surface area contributed by atoms with Gasteiger partial charge in [-0.2, -0.15) is 0 Å². The van der Waals surface area contributed by atoms with Gasteiger partial charge in [0.15, 0.2) is 0 Å². The van der Waals surface area contributed by atoms with Crippen molar-refractivity contribution in [3.8, 4) is 0 Å². The van der Waals surface area contributed by atoms with Gasteiger partial charge >= 0.3 is 0 Å². The maximum atomic E-state index is 12.4. The topological polar surface area (TPSA) is 71.3 Å². The van der Waals surface area contributed by atoms with Crippen molar-refractivity contribution in [2.45, 2.75) is 0 Å². The highest BCUT2D eigenvalue weighted by Gasteiger charge is 2.11. The summed E-state index contributed by atoms with van der Waals surface area (Å²) in [5.41, 5.74) is 1.35. The van der Waals surface area contributed by atoms with Crippen molar-refractivity contribution >= 4 is 52.5 Å². The minimum Gasteiger partial charge on any atom is -0.465 e. The van der Waals surface area contributed by atoms with E-state index >= 15 is 0 Å². The van der Waals surface area contributed by atoms with Gasteiger partial charge in [-0.05, 0) is 54.6 Å². The van der Waals surface area contributed by atoms with E-state index in [1.54, 1.807) is 54.6 Å². The SMILES string of the molecule is O=C(/C=C/c1ccco1)Nc1cccc(NC(=O)c2ccc(Cl)cc2Cl)c1. The van der Waals surface area contributed by atoms with Gasteiger partial charge < -0.3 is 15.1 Å². The molecule has 2 aromatic carbocycles. The minimum absolute atomic E-state index is 0.257. The molecule has 0 spiro atoms. The Morgan fingerprint density at radius 1 is 0.926 bits per heavy atom. The summed E-state index contributed by atoms with van der Waals surface area (Å²) in [6.07, 6.45) is 4.44. The average molecular weight is 401 g/mol. The standard InChI is InChI=1S/C20H14Cl2N2O3/c21-13-6-8-17(18(22)11-13)20(26)24-15-4-1-3-14(12-15)23-19(25)9-7-16-5-2-10-27-16/h1-12H,(H,23,25)(H,24,26)/b9-7+. The molecule has 136 valence electrons. The van der Waals surface area contributed by atoms with Gasteiger partial charge in [0.1, 0.15) is 5.76 Å². The molecule has 0 radical (unpaired) electrons. The van der Waals surface area contributed by atoms with Crippen molar-refractivity contribution in [1.29, 1.82) is 0 Å². The number of hydrogen-bond acceptors (Lipinski definition) is 3. The number of carbonyl (C=O) groups excluding carboxylic acids is 2. The summed E-state index contributed by atoms with van der Waals surface area (Å²) in [7, 11) is 0. The van der Waals surface area contributed by atoms with Gasteiger partial charge in [0.25, 0.3) is 5.91 Å². The molecular weight excluding hydrogens is 387 g/mol. The Balaban J connectivity index is 1.66. The lowest BCUT2D eigenvalue weighted by Crippen LogP contribution is -2.13. The Labute approximate surface area is 165 Å². The normalized spacial score (nSPS) is 10.7. The summed E-state index contributed by atoms with van der Waals surface area (Å²) < 4.78 is 5.12. The zero-order valence-electron chi connectivity index (χ0n) is 13.9. The number of carbonyl (C=O) groups is 2. The quantitative estimate of drug-likeness (QED) is 0.556. The molecule has 0 saturated carbocycles. The van der Waals surface area contributed by atoms with Crippen LogP contribution in [0.25, 0.3) is 6.08 Å². The molecule has 0 fully saturated rings. The third-order valence-electron chi connectivity index (χ3n) is 3.51. The van der Waals surface area contributed by atoms with E-state index < -0.39 is 0 Å². The largest absolute Gasteiger partial charge is 0.465 e. The number of nitrogens with one attached hydrogen (secondary N) is 2. The van der Waals surface area contributed by atoms with Gasteiger partial charge in [0.05, 0.1) is 16.8 Å². The molecule has 2 N–H and O–H groups in total. The van der Waals surface area contributed by atoms with E-state index in [0.29, 0.717) is 27.7 Å². The average Bonchev–Trinajstić information content (AvgIpc) is 3.13. The van der Waals surface area contributed by atoms with Crippen LogP contribution >= 0.6 is 23.2 Å². The van der Waals surface area contributed by atoms with Crippen LogP contribution in [-0.4, -0.2) is 11.8 Å². The molecule has 3 aromatic rings. The lowest BCUT2D eigenvalue weighted by atomic mass is 10.2. The first kappa shape index (κ1) is 18.8. The highest BCUT2D eigenvalue weighted by Crippen LogP contribution is 2.23. The third kappa shape index (κ3) is 5.23. The molecule has 0 aliphatic heterocycles. The Morgan fingerprint density at radius 2 is 1.70 bits per heavy atom. The van der Waals surface area contributed by atoms with E-state index in [1.165, 1.54) is 18.4 Å². The van der Waals surface area contributed by atoms with Crippen molar-refractivity contribution in [1.82, 2.24) is 0 Å².